The maximum Gasteiger partial charge on any atom is 0.0562 e. The fraction of sp³-hybridized carbons (Fsp3) is 0. The second-order valence-corrected chi connectivity index (χ2v) is 15.3. The maximum atomic E-state index is 2.49. The Morgan fingerprint density at radius 3 is 1.60 bits per heavy atom. The lowest BCUT2D eigenvalue weighted by Crippen LogP contribution is -2.12. The van der Waals surface area contributed by atoms with Crippen LogP contribution in [0.25, 0.3) is 82.8 Å². The molecule has 1 heterocycles. The Hall–Kier alpha value is -7.94. The Labute approximate surface area is 350 Å². The van der Waals surface area contributed by atoms with Crippen LogP contribution in [0.3, 0.4) is 0 Å². The van der Waals surface area contributed by atoms with Gasteiger partial charge in [0.15, 0.2) is 0 Å². The largest absolute Gasteiger partial charge is 0.309 e. The lowest BCUT2D eigenvalue weighted by molar-refractivity contribution is 1.18. The molecule has 0 fully saturated rings. The summed E-state index contributed by atoms with van der Waals surface area (Å²) in [6.07, 6.45) is 0. The fourth-order valence-corrected chi connectivity index (χ4v) is 9.05. The summed E-state index contributed by atoms with van der Waals surface area (Å²) in [4.78, 5) is 2.48. The predicted octanol–water partition coefficient (Wildman–Crippen LogP) is 16.1. The van der Waals surface area contributed by atoms with Gasteiger partial charge in [0.05, 0.1) is 28.1 Å². The van der Waals surface area contributed by atoms with E-state index in [-0.39, 0.29) is 0 Å². The molecule has 2 heteroatoms. The highest BCUT2D eigenvalue weighted by Gasteiger charge is 2.24. The van der Waals surface area contributed by atoms with E-state index in [4.69, 9.17) is 0 Å². The van der Waals surface area contributed by atoms with Gasteiger partial charge in [-0.3, -0.25) is 0 Å². The summed E-state index contributed by atoms with van der Waals surface area (Å²) >= 11 is 0. The van der Waals surface area contributed by atoms with Crippen molar-refractivity contribution in [2.24, 2.45) is 0 Å². The molecular weight excluding hydrogens is 725 g/mol. The first-order valence-corrected chi connectivity index (χ1v) is 20.6. The zero-order chi connectivity index (χ0) is 39.8. The van der Waals surface area contributed by atoms with Crippen LogP contribution in [-0.2, 0) is 0 Å². The normalized spacial score (nSPS) is 11.3. The lowest BCUT2D eigenvalue weighted by atomic mass is 9.93. The second kappa shape index (κ2) is 15.1. The van der Waals surface area contributed by atoms with Crippen molar-refractivity contribution in [3.63, 3.8) is 0 Å². The minimum atomic E-state index is 1.07. The molecule has 0 aliphatic carbocycles. The topological polar surface area (TPSA) is 8.17 Å². The molecule has 11 rings (SSSR count). The quantitative estimate of drug-likeness (QED) is 0.150. The van der Waals surface area contributed by atoms with Gasteiger partial charge in [-0.2, -0.15) is 0 Å². The number of hydrogen-bond acceptors (Lipinski definition) is 1. The number of anilines is 3. The van der Waals surface area contributed by atoms with Gasteiger partial charge in [0.2, 0.25) is 0 Å². The molecule has 10 aromatic carbocycles. The molecule has 0 radical (unpaired) electrons. The van der Waals surface area contributed by atoms with E-state index >= 15 is 0 Å². The van der Waals surface area contributed by atoms with Gasteiger partial charge in [0.1, 0.15) is 0 Å². The average molecular weight is 765 g/mol. The molecule has 0 spiro atoms. The van der Waals surface area contributed by atoms with E-state index in [2.05, 4.69) is 252 Å². The van der Waals surface area contributed by atoms with Crippen molar-refractivity contribution in [1.29, 1.82) is 0 Å². The molecule has 0 amide bonds. The minimum Gasteiger partial charge on any atom is -0.309 e. The van der Waals surface area contributed by atoms with Crippen LogP contribution in [0.2, 0.25) is 0 Å². The minimum absolute atomic E-state index is 1.07. The van der Waals surface area contributed by atoms with Crippen molar-refractivity contribution >= 4 is 49.6 Å². The summed E-state index contributed by atoms with van der Waals surface area (Å²) in [5, 5.41) is 4.81. The number of para-hydroxylation sites is 1. The molecule has 1 aromatic heterocycles. The molecule has 282 valence electrons. The smallest absolute Gasteiger partial charge is 0.0562 e. The zero-order valence-electron chi connectivity index (χ0n) is 33.0. The van der Waals surface area contributed by atoms with Crippen LogP contribution in [0, 0.1) is 0 Å². The van der Waals surface area contributed by atoms with Gasteiger partial charge in [-0.15, -0.1) is 0 Å². The van der Waals surface area contributed by atoms with Crippen molar-refractivity contribution in [3.8, 4) is 50.2 Å². The van der Waals surface area contributed by atoms with E-state index in [1.807, 2.05) is 0 Å². The van der Waals surface area contributed by atoms with Crippen LogP contribution in [-0.4, -0.2) is 4.57 Å². The molecule has 0 aliphatic rings. The summed E-state index contributed by atoms with van der Waals surface area (Å²) in [6.45, 7) is 0. The summed E-state index contributed by atoms with van der Waals surface area (Å²) in [6, 6.07) is 88.0. The van der Waals surface area contributed by atoms with Crippen LogP contribution in [0.5, 0.6) is 0 Å². The third kappa shape index (κ3) is 6.14. The molecular formula is C58H40N2. The first-order valence-electron chi connectivity index (χ1n) is 20.6. The van der Waals surface area contributed by atoms with E-state index in [0.29, 0.717) is 0 Å². The molecule has 60 heavy (non-hydrogen) atoms. The van der Waals surface area contributed by atoms with Crippen LogP contribution in [0.1, 0.15) is 0 Å². The lowest BCUT2D eigenvalue weighted by Gasteiger charge is -2.30. The third-order valence-corrected chi connectivity index (χ3v) is 11.8. The second-order valence-electron chi connectivity index (χ2n) is 15.3. The number of aromatic nitrogens is 1. The summed E-state index contributed by atoms with van der Waals surface area (Å²) in [5.74, 6) is 0. The van der Waals surface area contributed by atoms with Gasteiger partial charge in [-0.1, -0.05) is 206 Å². The predicted molar refractivity (Wildman–Crippen MR) is 255 cm³/mol. The highest BCUT2D eigenvalue weighted by atomic mass is 15.1. The first kappa shape index (κ1) is 35.2. The molecule has 0 bridgehead atoms. The Balaban J connectivity index is 1.24. The third-order valence-electron chi connectivity index (χ3n) is 11.8. The maximum absolute atomic E-state index is 2.49. The highest BCUT2D eigenvalue weighted by molar-refractivity contribution is 6.12. The number of nitrogens with zero attached hydrogens (tertiary/aromatic N) is 2. The molecule has 0 unspecified atom stereocenters. The molecule has 0 N–H and O–H groups in total. The van der Waals surface area contributed by atoms with Gasteiger partial charge in [-0.05, 0) is 75.2 Å². The van der Waals surface area contributed by atoms with Crippen molar-refractivity contribution < 1.29 is 0 Å². The summed E-state index contributed by atoms with van der Waals surface area (Å²) in [5.41, 5.74) is 16.2. The van der Waals surface area contributed by atoms with Gasteiger partial charge in [0.25, 0.3) is 0 Å². The molecule has 0 aliphatic heterocycles. The van der Waals surface area contributed by atoms with E-state index in [0.717, 1.165) is 45.0 Å². The molecule has 2 nitrogen and oxygen atoms in total. The van der Waals surface area contributed by atoms with Crippen LogP contribution in [0.15, 0.2) is 243 Å². The number of fused-ring (bicyclic) bond motifs is 4. The van der Waals surface area contributed by atoms with Gasteiger partial charge in [0, 0.05) is 33.0 Å². The van der Waals surface area contributed by atoms with E-state index in [1.54, 1.807) is 0 Å². The van der Waals surface area contributed by atoms with Crippen LogP contribution < -0.4 is 4.90 Å². The van der Waals surface area contributed by atoms with Gasteiger partial charge < -0.3 is 9.47 Å². The number of benzene rings is 10. The first-order chi connectivity index (χ1) is 29.8. The van der Waals surface area contributed by atoms with Gasteiger partial charge >= 0.3 is 0 Å². The zero-order valence-corrected chi connectivity index (χ0v) is 33.0. The average Bonchev–Trinajstić information content (AvgIpc) is 3.66. The SMILES string of the molecule is c1ccc(-c2ccc(-c3ccccc3)c(N(c3ccc4c5ccccc5n(-c5cccc(-c6ccccc6)c5-c5ccccc5)c4c3)c3cccc4ccccc34)c2)cc1. The molecule has 0 saturated carbocycles. The van der Waals surface area contributed by atoms with E-state index in [1.165, 1.54) is 54.9 Å². The van der Waals surface area contributed by atoms with E-state index in [9.17, 15) is 0 Å². The van der Waals surface area contributed by atoms with Gasteiger partial charge in [-0.25, -0.2) is 0 Å². The number of hydrogen-bond donors (Lipinski definition) is 0. The fourth-order valence-electron chi connectivity index (χ4n) is 9.05. The monoisotopic (exact) mass is 764 g/mol. The molecule has 0 saturated heterocycles. The van der Waals surface area contributed by atoms with Crippen LogP contribution >= 0.6 is 0 Å². The Morgan fingerprint density at radius 2 is 0.867 bits per heavy atom. The van der Waals surface area contributed by atoms with Crippen molar-refractivity contribution in [3.05, 3.63) is 243 Å². The van der Waals surface area contributed by atoms with Crippen molar-refractivity contribution in [1.82, 2.24) is 4.57 Å². The summed E-state index contributed by atoms with van der Waals surface area (Å²) < 4.78 is 2.49. The highest BCUT2D eigenvalue weighted by Crippen LogP contribution is 2.47. The Kier molecular flexibility index (Phi) is 8.87. The van der Waals surface area contributed by atoms with E-state index < -0.39 is 0 Å². The standard InChI is InChI=1S/C58H40N2/c1-5-19-41(20-6-1)46-35-37-49(42-21-7-2-8-22-42)56(39-46)59(53-33-17-28-43-25-13-14-29-48(43)53)47-36-38-52-51-30-15-16-32-54(51)60(57(52)40-47)55-34-18-31-50(44-23-9-3-10-24-44)58(55)45-26-11-4-12-27-45/h1-40H. The Bertz CT molecular complexity index is 3290. The molecule has 0 atom stereocenters. The van der Waals surface area contributed by atoms with Crippen molar-refractivity contribution in [2.75, 3.05) is 4.90 Å². The molecule has 11 aromatic rings. The number of rotatable bonds is 8. The Morgan fingerprint density at radius 1 is 0.300 bits per heavy atom. The summed E-state index contributed by atoms with van der Waals surface area (Å²) in [7, 11) is 0. The van der Waals surface area contributed by atoms with Crippen molar-refractivity contribution in [2.45, 2.75) is 0 Å². The van der Waals surface area contributed by atoms with Crippen LogP contribution in [0.4, 0.5) is 17.1 Å².